The highest BCUT2D eigenvalue weighted by atomic mass is 32.2. The number of benzene rings is 1. The Morgan fingerprint density at radius 3 is 2.61 bits per heavy atom. The predicted octanol–water partition coefficient (Wildman–Crippen LogP) is 5.35. The van der Waals surface area contributed by atoms with E-state index in [4.69, 9.17) is 10.1 Å². The molecule has 1 aromatic carbocycles. The number of amides is 1. The van der Waals surface area contributed by atoms with Crippen molar-refractivity contribution in [3.8, 4) is 5.75 Å². The third-order valence-electron chi connectivity index (χ3n) is 4.21. The summed E-state index contributed by atoms with van der Waals surface area (Å²) in [6.07, 6.45) is 2.66. The zero-order chi connectivity index (χ0) is 23.1. The van der Waals surface area contributed by atoms with Gasteiger partial charge in [0.2, 0.25) is 0 Å². The largest absolute Gasteiger partial charge is 0.497 e. The van der Waals surface area contributed by atoms with Crippen molar-refractivity contribution < 1.29 is 9.53 Å². The van der Waals surface area contributed by atoms with Crippen LogP contribution in [0.4, 0.5) is 10.8 Å². The Hall–Kier alpha value is -2.91. The Labute approximate surface area is 191 Å². The first-order valence-electron chi connectivity index (χ1n) is 9.64. The van der Waals surface area contributed by atoms with Crippen LogP contribution in [0.15, 0.2) is 47.0 Å². The normalized spacial score (nSPS) is 10.1. The number of thioether (sulfide) groups is 1. The molecule has 7 nitrogen and oxygen atoms in total. The van der Waals surface area contributed by atoms with Crippen molar-refractivity contribution >= 4 is 56.4 Å². The van der Waals surface area contributed by atoms with Crippen molar-refractivity contribution in [2.45, 2.75) is 25.8 Å². The summed E-state index contributed by atoms with van der Waals surface area (Å²) in [5.74, 6) is 0.301. The monoisotopic (exact) mass is 457 g/mol. The molecule has 0 aliphatic rings. The zero-order valence-corrected chi connectivity index (χ0v) is 20.2. The van der Waals surface area contributed by atoms with Crippen LogP contribution >= 0.6 is 23.1 Å². The van der Waals surface area contributed by atoms with E-state index in [9.17, 15) is 4.79 Å². The van der Waals surface area contributed by atoms with E-state index in [1.165, 1.54) is 28.0 Å². The van der Waals surface area contributed by atoms with Crippen LogP contribution in [0.2, 0.25) is 0 Å². The second kappa shape index (κ2) is 10.9. The molecule has 31 heavy (non-hydrogen) atoms. The molecule has 0 radical (unpaired) electrons. The minimum atomic E-state index is -0.410. The molecule has 2 heterocycles. The first kappa shape index (κ1) is 24.4. The lowest BCUT2D eigenvalue weighted by Crippen LogP contribution is -2.29. The number of hydrogen-bond acceptors (Lipinski definition) is 8. The van der Waals surface area contributed by atoms with Crippen molar-refractivity contribution in [3.05, 3.63) is 47.5 Å². The molecular weight excluding hydrogens is 430 g/mol. The second-order valence-electron chi connectivity index (χ2n) is 6.31. The highest BCUT2D eigenvalue weighted by Crippen LogP contribution is 2.35. The third-order valence-corrected chi connectivity index (χ3v) is 6.25. The van der Waals surface area contributed by atoms with Crippen LogP contribution in [0.5, 0.6) is 5.75 Å². The fourth-order valence-electron chi connectivity index (χ4n) is 2.71. The average molecular weight is 458 g/mol. The van der Waals surface area contributed by atoms with Gasteiger partial charge in [-0.25, -0.2) is 14.9 Å². The van der Waals surface area contributed by atoms with Gasteiger partial charge in [-0.3, -0.25) is 10.2 Å². The van der Waals surface area contributed by atoms with Crippen LogP contribution in [0.25, 0.3) is 10.2 Å². The Morgan fingerprint density at radius 1 is 1.29 bits per heavy atom. The Kier molecular flexibility index (Phi) is 8.58. The topological polar surface area (TPSA) is 82.4 Å². The number of hydrogen-bond donors (Lipinski definition) is 1. The summed E-state index contributed by atoms with van der Waals surface area (Å²) in [6, 6.07) is 7.41. The van der Waals surface area contributed by atoms with E-state index in [0.717, 1.165) is 27.8 Å². The van der Waals surface area contributed by atoms with Gasteiger partial charge in [-0.1, -0.05) is 43.5 Å². The molecule has 9 heteroatoms. The van der Waals surface area contributed by atoms with Gasteiger partial charge in [0.15, 0.2) is 5.13 Å². The number of carbonyl (C=O) groups is 1. The number of rotatable bonds is 7. The lowest BCUT2D eigenvalue weighted by Gasteiger charge is -2.18. The molecule has 164 valence electrons. The molecule has 3 rings (SSSR count). The molecule has 3 aromatic rings. The summed E-state index contributed by atoms with van der Waals surface area (Å²) in [6.45, 7) is 9.87. The molecule has 0 saturated heterocycles. The van der Waals surface area contributed by atoms with Gasteiger partial charge in [0.1, 0.15) is 10.8 Å². The van der Waals surface area contributed by atoms with Gasteiger partial charge in [-0.2, -0.15) is 0 Å². The summed E-state index contributed by atoms with van der Waals surface area (Å²) in [7, 11) is 5.50. The summed E-state index contributed by atoms with van der Waals surface area (Å²) in [5, 5.41) is 8.84. The Bertz CT molecular complexity index is 1090. The highest BCUT2D eigenvalue weighted by molar-refractivity contribution is 8.04. The number of ether oxygens (including phenoxy) is 1. The lowest BCUT2D eigenvalue weighted by atomic mass is 10.2. The van der Waals surface area contributed by atoms with Crippen LogP contribution in [0.3, 0.4) is 0 Å². The van der Waals surface area contributed by atoms with Gasteiger partial charge in [-0.05, 0) is 31.2 Å². The van der Waals surface area contributed by atoms with Crippen LogP contribution in [0.1, 0.15) is 19.4 Å². The molecular formula is C22H27N5O2S2. The van der Waals surface area contributed by atoms with E-state index >= 15 is 0 Å². The maximum absolute atomic E-state index is 13.0. The first-order valence-corrected chi connectivity index (χ1v) is 11.3. The van der Waals surface area contributed by atoms with Crippen LogP contribution < -0.4 is 14.5 Å². The van der Waals surface area contributed by atoms with E-state index in [-0.39, 0.29) is 4.91 Å². The Balaban J connectivity index is 0.00000166. The minimum Gasteiger partial charge on any atom is -0.497 e. The number of pyridine rings is 1. The molecule has 2 aromatic heterocycles. The smallest absolute Gasteiger partial charge is 0.271 e. The van der Waals surface area contributed by atoms with Crippen LogP contribution in [0, 0.1) is 12.3 Å². The SMILES string of the molecule is C=C(Sc1nccc(N(C)C)c1C)C(=O)N(C=N)c1nc2ccc(OC)cc2s1.CC. The van der Waals surface area contributed by atoms with E-state index in [2.05, 4.69) is 16.5 Å². The Morgan fingerprint density at radius 2 is 2.00 bits per heavy atom. The first-order chi connectivity index (χ1) is 14.8. The van der Waals surface area contributed by atoms with Crippen molar-refractivity contribution in [1.29, 1.82) is 5.41 Å². The minimum absolute atomic E-state index is 0.261. The molecule has 0 unspecified atom stereocenters. The van der Waals surface area contributed by atoms with Crippen molar-refractivity contribution in [2.75, 3.05) is 31.0 Å². The summed E-state index contributed by atoms with van der Waals surface area (Å²) in [4.78, 5) is 25.3. The van der Waals surface area contributed by atoms with Gasteiger partial charge in [-0.15, -0.1) is 0 Å². The maximum atomic E-state index is 13.0. The molecule has 0 saturated carbocycles. The molecule has 0 atom stereocenters. The van der Waals surface area contributed by atoms with Gasteiger partial charge in [0, 0.05) is 31.5 Å². The average Bonchev–Trinajstić information content (AvgIpc) is 3.19. The molecule has 0 aliphatic heterocycles. The standard InChI is InChI=1S/C20H21N5O2S2.C2H6/c1-12-16(24(3)4)8-9-22-18(12)28-13(2)19(26)25(11-21)20-23-15-7-6-14(27-5)10-17(15)29-20;1-2/h6-11,21H,2H2,1,3-5H3;1-2H3. The van der Waals surface area contributed by atoms with E-state index in [0.29, 0.717) is 15.9 Å². The van der Waals surface area contributed by atoms with Crippen molar-refractivity contribution in [2.24, 2.45) is 0 Å². The molecule has 0 bridgehead atoms. The number of nitrogens with one attached hydrogen (secondary N) is 1. The molecule has 1 N–H and O–H groups in total. The van der Waals surface area contributed by atoms with Gasteiger partial charge in [0.05, 0.1) is 28.6 Å². The number of aromatic nitrogens is 2. The summed E-state index contributed by atoms with van der Waals surface area (Å²) < 4.78 is 6.10. The lowest BCUT2D eigenvalue weighted by molar-refractivity contribution is -0.113. The zero-order valence-electron chi connectivity index (χ0n) is 18.6. The number of carbonyl (C=O) groups excluding carboxylic acids is 1. The van der Waals surface area contributed by atoms with Gasteiger partial charge < -0.3 is 9.64 Å². The highest BCUT2D eigenvalue weighted by Gasteiger charge is 2.22. The van der Waals surface area contributed by atoms with E-state index in [1.54, 1.807) is 13.3 Å². The predicted molar refractivity (Wildman–Crippen MR) is 132 cm³/mol. The molecule has 1 amide bonds. The van der Waals surface area contributed by atoms with Crippen LogP contribution in [-0.2, 0) is 4.79 Å². The van der Waals surface area contributed by atoms with Gasteiger partial charge >= 0.3 is 0 Å². The van der Waals surface area contributed by atoms with Crippen LogP contribution in [-0.4, -0.2) is 43.4 Å². The van der Waals surface area contributed by atoms with Gasteiger partial charge in [0.25, 0.3) is 5.91 Å². The van der Waals surface area contributed by atoms with Crippen molar-refractivity contribution in [1.82, 2.24) is 9.97 Å². The summed E-state index contributed by atoms with van der Waals surface area (Å²) >= 11 is 2.50. The number of anilines is 2. The fourth-order valence-corrected chi connectivity index (χ4v) is 4.47. The quantitative estimate of drug-likeness (QED) is 0.223. The third kappa shape index (κ3) is 5.42. The number of fused-ring (bicyclic) bond motifs is 1. The summed E-state index contributed by atoms with van der Waals surface area (Å²) in [5.41, 5.74) is 2.72. The van der Waals surface area contributed by atoms with E-state index < -0.39 is 5.91 Å². The van der Waals surface area contributed by atoms with E-state index in [1.807, 2.05) is 64.0 Å². The number of thiazole rings is 1. The van der Waals surface area contributed by atoms with Crippen molar-refractivity contribution in [3.63, 3.8) is 0 Å². The molecule has 0 spiro atoms. The number of methoxy groups -OCH3 is 1. The molecule has 0 aliphatic carbocycles. The fraction of sp³-hybridized carbons (Fsp3) is 0.273. The second-order valence-corrected chi connectivity index (χ2v) is 8.41. The maximum Gasteiger partial charge on any atom is 0.271 e. The molecule has 0 fully saturated rings. The number of nitrogens with zero attached hydrogens (tertiary/aromatic N) is 4.